The van der Waals surface area contributed by atoms with Crippen LogP contribution in [0.15, 0.2) is 40.9 Å². The molecular weight excluding hydrogens is 208 g/mol. The molecule has 2 aliphatic heterocycles. The van der Waals surface area contributed by atoms with Crippen LogP contribution in [0.5, 0.6) is 0 Å². The zero-order valence-corrected chi connectivity index (χ0v) is 9.32. The quantitative estimate of drug-likeness (QED) is 0.826. The molecule has 0 bridgehead atoms. The van der Waals surface area contributed by atoms with Gasteiger partial charge in [0.05, 0.1) is 5.70 Å². The van der Waals surface area contributed by atoms with Gasteiger partial charge in [0.1, 0.15) is 0 Å². The smallest absolute Gasteiger partial charge is 0.0693 e. The van der Waals surface area contributed by atoms with Crippen molar-refractivity contribution in [2.45, 2.75) is 20.3 Å². The Bertz CT molecular complexity index is 427. The van der Waals surface area contributed by atoms with E-state index in [1.165, 1.54) is 17.7 Å². The second kappa shape index (κ2) is 5.28. The zero-order valence-electron chi connectivity index (χ0n) is 9.32. The summed E-state index contributed by atoms with van der Waals surface area (Å²) in [5.41, 5.74) is 4.03. The Labute approximate surface area is 103 Å². The fourth-order valence-corrected chi connectivity index (χ4v) is 2.37. The van der Waals surface area contributed by atoms with Crippen molar-refractivity contribution in [1.29, 1.82) is 0 Å². The lowest BCUT2D eigenvalue weighted by Crippen LogP contribution is -2.43. The Balaban J connectivity index is 0.00000108. The maximum absolute atomic E-state index is 4.61. The Morgan fingerprint density at radius 1 is 1.12 bits per heavy atom. The summed E-state index contributed by atoms with van der Waals surface area (Å²) in [6.45, 7) is 2.25. The first-order chi connectivity index (χ1) is 7.95. The predicted molar refractivity (Wildman–Crippen MR) is 74.2 cm³/mol. The summed E-state index contributed by atoms with van der Waals surface area (Å²) in [7, 11) is 0. The first-order valence-electron chi connectivity index (χ1n) is 5.97. The van der Waals surface area contributed by atoms with E-state index < -0.39 is 0 Å². The summed E-state index contributed by atoms with van der Waals surface area (Å²) >= 11 is 0. The van der Waals surface area contributed by atoms with Gasteiger partial charge in [0, 0.05) is 30.8 Å². The second-order valence-corrected chi connectivity index (χ2v) is 4.45. The number of nitrogens with zero attached hydrogens (tertiary/aromatic N) is 1. The molecule has 0 unspecified atom stereocenters. The van der Waals surface area contributed by atoms with Crippen molar-refractivity contribution in [3.05, 3.63) is 41.5 Å². The van der Waals surface area contributed by atoms with Crippen LogP contribution >= 0.6 is 0 Å². The van der Waals surface area contributed by atoms with Crippen LogP contribution in [-0.4, -0.2) is 19.3 Å². The highest BCUT2D eigenvalue weighted by Gasteiger charge is 2.25. The number of hydrogen-bond acceptors (Lipinski definition) is 2. The predicted octanol–water partition coefficient (Wildman–Crippen LogP) is 3.12. The molecule has 0 aromatic heterocycles. The van der Waals surface area contributed by atoms with Crippen LogP contribution in [0, 0.1) is 5.92 Å². The van der Waals surface area contributed by atoms with E-state index in [9.17, 15) is 0 Å². The first-order valence-corrected chi connectivity index (χ1v) is 5.97. The Kier molecular flexibility index (Phi) is 3.75. The molecule has 0 atom stereocenters. The molecule has 1 aromatic rings. The van der Waals surface area contributed by atoms with Crippen LogP contribution < -0.4 is 5.32 Å². The molecule has 90 valence electrons. The molecule has 0 aliphatic carbocycles. The maximum Gasteiger partial charge on any atom is 0.0693 e. The second-order valence-electron chi connectivity index (χ2n) is 4.45. The molecule has 2 heterocycles. The lowest BCUT2D eigenvalue weighted by molar-refractivity contribution is 0.391. The lowest BCUT2D eigenvalue weighted by atomic mass is 9.86. The van der Waals surface area contributed by atoms with E-state index in [2.05, 4.69) is 46.9 Å². The van der Waals surface area contributed by atoms with Crippen molar-refractivity contribution >= 4 is 11.9 Å². The van der Waals surface area contributed by atoms with Crippen molar-refractivity contribution in [1.82, 2.24) is 5.32 Å². The number of rotatable bonds is 2. The van der Waals surface area contributed by atoms with Gasteiger partial charge in [-0.2, -0.15) is 0 Å². The molecule has 0 radical (unpaired) electrons. The van der Waals surface area contributed by atoms with Crippen molar-refractivity contribution in [3.8, 4) is 0 Å². The summed E-state index contributed by atoms with van der Waals surface area (Å²) in [5.74, 6) is 0.715. The summed E-state index contributed by atoms with van der Waals surface area (Å²) in [5, 5.41) is 3.34. The maximum atomic E-state index is 4.61. The van der Waals surface area contributed by atoms with E-state index in [0.717, 1.165) is 19.5 Å². The largest absolute Gasteiger partial charge is 0.315 e. The number of aliphatic imine (C=N–C) groups is 1. The van der Waals surface area contributed by atoms with E-state index in [-0.39, 0.29) is 7.43 Å². The molecule has 2 nitrogen and oxygen atoms in total. The van der Waals surface area contributed by atoms with Gasteiger partial charge in [0.15, 0.2) is 0 Å². The Morgan fingerprint density at radius 2 is 1.88 bits per heavy atom. The van der Waals surface area contributed by atoms with Crippen molar-refractivity contribution in [2.24, 2.45) is 10.9 Å². The van der Waals surface area contributed by atoms with E-state index in [0.29, 0.717) is 5.92 Å². The number of nitrogens with one attached hydrogen (secondary N) is 1. The summed E-state index contributed by atoms with van der Waals surface area (Å²) in [6, 6.07) is 10.5. The fourth-order valence-electron chi connectivity index (χ4n) is 2.37. The Morgan fingerprint density at radius 3 is 2.53 bits per heavy atom. The monoisotopic (exact) mass is 228 g/mol. The third-order valence-electron chi connectivity index (χ3n) is 3.39. The molecule has 2 heteroatoms. The van der Waals surface area contributed by atoms with Crippen molar-refractivity contribution < 1.29 is 0 Å². The minimum absolute atomic E-state index is 0. The molecular formula is C15H20N2. The summed E-state index contributed by atoms with van der Waals surface area (Å²) in [6.07, 6.45) is 4.33. The minimum atomic E-state index is 0. The van der Waals surface area contributed by atoms with Gasteiger partial charge < -0.3 is 5.32 Å². The average molecular weight is 228 g/mol. The van der Waals surface area contributed by atoms with E-state index in [4.69, 9.17) is 0 Å². The van der Waals surface area contributed by atoms with Crippen LogP contribution in [0.1, 0.15) is 25.8 Å². The van der Waals surface area contributed by atoms with Crippen molar-refractivity contribution in [2.75, 3.05) is 13.1 Å². The number of hydrogen-bond donors (Lipinski definition) is 1. The molecule has 17 heavy (non-hydrogen) atoms. The SMILES string of the molecule is C.C1=NC(c2ccccc2)=C(C2CNC2)CC1. The van der Waals surface area contributed by atoms with E-state index >= 15 is 0 Å². The molecule has 0 amide bonds. The molecule has 0 spiro atoms. The molecule has 1 N–H and O–H groups in total. The average Bonchev–Trinajstić information content (AvgIpc) is 2.29. The molecule has 1 saturated heterocycles. The molecule has 0 saturated carbocycles. The lowest BCUT2D eigenvalue weighted by Gasteiger charge is -2.32. The van der Waals surface area contributed by atoms with Gasteiger partial charge in [-0.25, -0.2) is 0 Å². The van der Waals surface area contributed by atoms with Gasteiger partial charge in [-0.05, 0) is 18.4 Å². The van der Waals surface area contributed by atoms with Gasteiger partial charge in [0.2, 0.25) is 0 Å². The van der Waals surface area contributed by atoms with Crippen molar-refractivity contribution in [3.63, 3.8) is 0 Å². The Hall–Kier alpha value is -1.41. The zero-order chi connectivity index (χ0) is 10.8. The first kappa shape index (κ1) is 12.1. The number of benzene rings is 1. The van der Waals surface area contributed by atoms with Gasteiger partial charge in [0.25, 0.3) is 0 Å². The van der Waals surface area contributed by atoms with Gasteiger partial charge >= 0.3 is 0 Å². The highest BCUT2D eigenvalue weighted by Crippen LogP contribution is 2.32. The molecule has 3 rings (SSSR count). The summed E-state index contributed by atoms with van der Waals surface area (Å²) in [4.78, 5) is 4.61. The highest BCUT2D eigenvalue weighted by atomic mass is 15.0. The standard InChI is InChI=1S/C14H16N2.CH4/c1-2-5-11(6-3-1)14-13(7-4-8-16-14)12-9-15-10-12;/h1-3,5-6,8,12,15H,4,7,9-10H2;1H4. The van der Waals surface area contributed by atoms with Gasteiger partial charge in [-0.3, -0.25) is 4.99 Å². The van der Waals surface area contributed by atoms with Gasteiger partial charge in [-0.15, -0.1) is 0 Å². The van der Waals surface area contributed by atoms with Crippen LogP contribution in [0.4, 0.5) is 0 Å². The van der Waals surface area contributed by atoms with Gasteiger partial charge in [-0.1, -0.05) is 37.8 Å². The third kappa shape index (κ3) is 2.32. The van der Waals surface area contributed by atoms with Crippen LogP contribution in [0.2, 0.25) is 0 Å². The van der Waals surface area contributed by atoms with Crippen LogP contribution in [0.25, 0.3) is 5.70 Å². The third-order valence-corrected chi connectivity index (χ3v) is 3.39. The molecule has 1 fully saturated rings. The minimum Gasteiger partial charge on any atom is -0.315 e. The molecule has 2 aliphatic rings. The summed E-state index contributed by atoms with van der Waals surface area (Å²) < 4.78 is 0. The topological polar surface area (TPSA) is 24.4 Å². The van der Waals surface area contributed by atoms with E-state index in [1.807, 2.05) is 0 Å². The highest BCUT2D eigenvalue weighted by molar-refractivity contribution is 5.79. The van der Waals surface area contributed by atoms with Crippen LogP contribution in [0.3, 0.4) is 0 Å². The fraction of sp³-hybridized carbons (Fsp3) is 0.400. The normalized spacial score (nSPS) is 19.8. The van der Waals surface area contributed by atoms with E-state index in [1.54, 1.807) is 5.57 Å². The van der Waals surface area contributed by atoms with Crippen LogP contribution in [-0.2, 0) is 0 Å². The molecule has 1 aromatic carbocycles.